The van der Waals surface area contributed by atoms with Crippen LogP contribution in [0.4, 0.5) is 0 Å². The summed E-state index contributed by atoms with van der Waals surface area (Å²) in [6.07, 6.45) is 0.286. The fourth-order valence-corrected chi connectivity index (χ4v) is 5.47. The molecule has 0 saturated carbocycles. The van der Waals surface area contributed by atoms with Crippen LogP contribution < -0.4 is 5.32 Å². The molecule has 4 nitrogen and oxygen atoms in total. The first-order valence-electron chi connectivity index (χ1n) is 9.43. The van der Waals surface area contributed by atoms with E-state index in [0.29, 0.717) is 5.70 Å². The third-order valence-corrected chi connectivity index (χ3v) is 7.07. The Hall–Kier alpha value is -3.18. The topological polar surface area (TPSA) is 63.2 Å². The van der Waals surface area contributed by atoms with Crippen molar-refractivity contribution in [2.75, 3.05) is 0 Å². The van der Waals surface area contributed by atoms with Crippen molar-refractivity contribution >= 4 is 21.4 Å². The van der Waals surface area contributed by atoms with Crippen LogP contribution in [0.15, 0.2) is 94.7 Å². The minimum Gasteiger partial charge on any atom is -0.325 e. The van der Waals surface area contributed by atoms with Crippen LogP contribution in [-0.4, -0.2) is 14.3 Å². The molecule has 0 saturated heterocycles. The van der Waals surface area contributed by atoms with E-state index in [1.165, 1.54) is 6.92 Å². The maximum Gasteiger partial charge on any atom is 0.221 e. The van der Waals surface area contributed by atoms with Gasteiger partial charge >= 0.3 is 0 Å². The number of allylic oxidation sites excluding steroid dienone is 1. The zero-order valence-electron chi connectivity index (χ0n) is 16.0. The van der Waals surface area contributed by atoms with Crippen molar-refractivity contribution in [2.45, 2.75) is 24.2 Å². The van der Waals surface area contributed by atoms with Gasteiger partial charge in [0.2, 0.25) is 15.7 Å². The molecular formula is C24H21NO3S. The van der Waals surface area contributed by atoms with Gasteiger partial charge in [0.15, 0.2) is 0 Å². The lowest BCUT2D eigenvalue weighted by atomic mass is 9.81. The van der Waals surface area contributed by atoms with Gasteiger partial charge in [-0.25, -0.2) is 8.42 Å². The van der Waals surface area contributed by atoms with Gasteiger partial charge in [-0.3, -0.25) is 4.79 Å². The number of amides is 1. The summed E-state index contributed by atoms with van der Waals surface area (Å²) in [6, 6.07) is 25.9. The summed E-state index contributed by atoms with van der Waals surface area (Å²) in [6.45, 7) is 1.39. The maximum atomic E-state index is 13.6. The molecule has 1 N–H and O–H groups in total. The standard InChI is InChI=1S/C24H21NO3S/c1-17(26)25-24-21-15-9-8-14-20(21)22(18-10-4-2-5-11-18)16-23(24)29(27,28)19-12-6-3-7-13-19/h2-15,22H,16H2,1H3,(H,25,26). The van der Waals surface area contributed by atoms with Crippen molar-refractivity contribution in [3.05, 3.63) is 107 Å². The first-order chi connectivity index (χ1) is 14.0. The fraction of sp³-hybridized carbons (Fsp3) is 0.125. The lowest BCUT2D eigenvalue weighted by Crippen LogP contribution is -2.27. The molecule has 0 bridgehead atoms. The second-order valence-electron chi connectivity index (χ2n) is 7.05. The number of benzene rings is 3. The zero-order chi connectivity index (χ0) is 20.4. The Morgan fingerprint density at radius 1 is 0.862 bits per heavy atom. The normalized spacial score (nSPS) is 16.2. The average Bonchev–Trinajstić information content (AvgIpc) is 2.74. The summed E-state index contributed by atoms with van der Waals surface area (Å²) in [4.78, 5) is 12.4. The zero-order valence-corrected chi connectivity index (χ0v) is 16.8. The van der Waals surface area contributed by atoms with Crippen LogP contribution in [0, 0.1) is 0 Å². The molecule has 0 aliphatic heterocycles. The molecule has 29 heavy (non-hydrogen) atoms. The quantitative estimate of drug-likeness (QED) is 0.698. The van der Waals surface area contributed by atoms with E-state index >= 15 is 0 Å². The lowest BCUT2D eigenvalue weighted by molar-refractivity contribution is -0.117. The molecule has 3 aromatic carbocycles. The first kappa shape index (κ1) is 19.2. The summed E-state index contributed by atoms with van der Waals surface area (Å²) >= 11 is 0. The highest BCUT2D eigenvalue weighted by Crippen LogP contribution is 2.44. The van der Waals surface area contributed by atoms with Gasteiger partial charge in [0, 0.05) is 18.4 Å². The summed E-state index contributed by atoms with van der Waals surface area (Å²) in [5, 5.41) is 2.80. The van der Waals surface area contributed by atoms with Gasteiger partial charge in [0.25, 0.3) is 0 Å². The molecule has 4 rings (SSSR count). The number of fused-ring (bicyclic) bond motifs is 1. The maximum absolute atomic E-state index is 13.6. The Kier molecular flexibility index (Phi) is 5.07. The Labute approximate surface area is 170 Å². The van der Waals surface area contributed by atoms with E-state index in [9.17, 15) is 13.2 Å². The molecule has 0 spiro atoms. The highest BCUT2D eigenvalue weighted by Gasteiger charge is 2.35. The molecule has 1 amide bonds. The van der Waals surface area contributed by atoms with Crippen molar-refractivity contribution in [3.8, 4) is 0 Å². The first-order valence-corrected chi connectivity index (χ1v) is 10.9. The number of hydrogen-bond acceptors (Lipinski definition) is 3. The van der Waals surface area contributed by atoms with Crippen LogP contribution in [0.5, 0.6) is 0 Å². The number of rotatable bonds is 4. The third-order valence-electron chi connectivity index (χ3n) is 5.15. The van der Waals surface area contributed by atoms with Crippen LogP contribution in [-0.2, 0) is 14.6 Å². The van der Waals surface area contributed by atoms with Gasteiger partial charge in [0.05, 0.1) is 15.5 Å². The third kappa shape index (κ3) is 3.61. The Balaban J connectivity index is 1.97. The molecule has 1 aliphatic rings. The van der Waals surface area contributed by atoms with Crippen LogP contribution in [0.3, 0.4) is 0 Å². The summed E-state index contributed by atoms with van der Waals surface area (Å²) in [5.74, 6) is -0.410. The van der Waals surface area contributed by atoms with E-state index in [1.54, 1.807) is 30.3 Å². The second kappa shape index (κ2) is 7.68. The largest absolute Gasteiger partial charge is 0.325 e. The van der Waals surface area contributed by atoms with Crippen molar-refractivity contribution in [2.24, 2.45) is 0 Å². The fourth-order valence-electron chi connectivity index (χ4n) is 3.86. The second-order valence-corrected chi connectivity index (χ2v) is 9.02. The van der Waals surface area contributed by atoms with E-state index in [-0.39, 0.29) is 28.0 Å². The molecule has 0 fully saturated rings. The summed E-state index contributed by atoms with van der Waals surface area (Å²) < 4.78 is 27.1. The molecule has 1 aliphatic carbocycles. The highest BCUT2D eigenvalue weighted by molar-refractivity contribution is 7.95. The monoisotopic (exact) mass is 403 g/mol. The molecule has 0 radical (unpaired) electrons. The van der Waals surface area contributed by atoms with Gasteiger partial charge in [-0.15, -0.1) is 0 Å². The van der Waals surface area contributed by atoms with Gasteiger partial charge < -0.3 is 5.32 Å². The number of sulfone groups is 1. The molecule has 0 aromatic heterocycles. The minimum atomic E-state index is -3.78. The van der Waals surface area contributed by atoms with E-state index in [1.807, 2.05) is 54.6 Å². The van der Waals surface area contributed by atoms with E-state index < -0.39 is 9.84 Å². The average molecular weight is 404 g/mol. The Bertz CT molecular complexity index is 1180. The SMILES string of the molecule is CC(=O)NC1=C(S(=O)(=O)c2ccccc2)CC(c2ccccc2)c2ccccc21. The number of carbonyl (C=O) groups excluding carboxylic acids is 1. The van der Waals surface area contributed by atoms with Gasteiger partial charge in [0.1, 0.15) is 0 Å². The smallest absolute Gasteiger partial charge is 0.221 e. The predicted molar refractivity (Wildman–Crippen MR) is 114 cm³/mol. The number of hydrogen-bond donors (Lipinski definition) is 1. The van der Waals surface area contributed by atoms with E-state index in [0.717, 1.165) is 16.7 Å². The molecule has 5 heteroatoms. The van der Waals surface area contributed by atoms with E-state index in [4.69, 9.17) is 0 Å². The van der Waals surface area contributed by atoms with Crippen molar-refractivity contribution in [1.29, 1.82) is 0 Å². The van der Waals surface area contributed by atoms with Crippen molar-refractivity contribution < 1.29 is 13.2 Å². The van der Waals surface area contributed by atoms with Crippen LogP contribution in [0.2, 0.25) is 0 Å². The van der Waals surface area contributed by atoms with Crippen molar-refractivity contribution in [1.82, 2.24) is 5.32 Å². The number of nitrogens with one attached hydrogen (secondary N) is 1. The summed E-state index contributed by atoms with van der Waals surface area (Å²) in [5.41, 5.74) is 3.18. The van der Waals surface area contributed by atoms with Gasteiger partial charge in [-0.05, 0) is 29.7 Å². The Morgan fingerprint density at radius 2 is 1.45 bits per heavy atom. The molecule has 3 aromatic rings. The Morgan fingerprint density at radius 3 is 2.10 bits per heavy atom. The van der Waals surface area contributed by atoms with Crippen LogP contribution in [0.1, 0.15) is 36.0 Å². The van der Waals surface area contributed by atoms with E-state index in [2.05, 4.69) is 5.32 Å². The lowest BCUT2D eigenvalue weighted by Gasteiger charge is -2.30. The van der Waals surface area contributed by atoms with Crippen LogP contribution in [0.25, 0.3) is 5.70 Å². The van der Waals surface area contributed by atoms with Gasteiger partial charge in [-0.2, -0.15) is 0 Å². The molecule has 0 heterocycles. The van der Waals surface area contributed by atoms with Crippen LogP contribution >= 0.6 is 0 Å². The van der Waals surface area contributed by atoms with Gasteiger partial charge in [-0.1, -0.05) is 72.8 Å². The minimum absolute atomic E-state index is 0.113. The highest BCUT2D eigenvalue weighted by atomic mass is 32.2. The van der Waals surface area contributed by atoms with Crippen molar-refractivity contribution in [3.63, 3.8) is 0 Å². The predicted octanol–water partition coefficient (Wildman–Crippen LogP) is 4.50. The molecule has 1 atom stereocenters. The molecular weight excluding hydrogens is 382 g/mol. The summed E-state index contributed by atoms with van der Waals surface area (Å²) in [7, 11) is -3.78. The molecule has 1 unspecified atom stereocenters. The number of carbonyl (C=O) groups is 1. The molecule has 146 valence electrons.